The van der Waals surface area contributed by atoms with Crippen LogP contribution in [-0.4, -0.2) is 49.3 Å². The summed E-state index contributed by atoms with van der Waals surface area (Å²) in [5.74, 6) is 0.681. The Bertz CT molecular complexity index is 822. The van der Waals surface area contributed by atoms with Crippen LogP contribution in [0.1, 0.15) is 35.6 Å². The van der Waals surface area contributed by atoms with Crippen LogP contribution in [0, 0.1) is 0 Å². The zero-order chi connectivity index (χ0) is 20.3. The molecule has 1 heterocycles. The molecule has 28 heavy (non-hydrogen) atoms. The Balaban J connectivity index is 1.80. The van der Waals surface area contributed by atoms with Crippen LogP contribution in [0.25, 0.3) is 0 Å². The predicted octanol–water partition coefficient (Wildman–Crippen LogP) is 3.61. The molecule has 0 aromatic heterocycles. The van der Waals surface area contributed by atoms with Gasteiger partial charge in [-0.2, -0.15) is 0 Å². The normalized spacial score (nSPS) is 22.0. The summed E-state index contributed by atoms with van der Waals surface area (Å²) in [7, 11) is 5.02. The van der Waals surface area contributed by atoms with Crippen LogP contribution < -0.4 is 4.74 Å². The van der Waals surface area contributed by atoms with Crippen LogP contribution in [0.3, 0.4) is 0 Å². The number of methoxy groups -OCH3 is 1. The summed E-state index contributed by atoms with van der Waals surface area (Å²) >= 11 is 6.42. The topological polar surface area (TPSA) is 59.0 Å². The second-order valence-corrected chi connectivity index (χ2v) is 7.75. The van der Waals surface area contributed by atoms with E-state index in [9.17, 15) is 9.90 Å². The number of carbonyl (C=O) groups is 1. The molecule has 1 N–H and O–H groups in total. The number of carbonyl (C=O) groups excluding carboxylic acids is 1. The number of nitrogens with zero attached hydrogens (tertiary/aromatic N) is 1. The Morgan fingerprint density at radius 3 is 2.57 bits per heavy atom. The number of rotatable bonds is 5. The molecular formula is C22H26ClNO4. The van der Waals surface area contributed by atoms with Gasteiger partial charge < -0.3 is 19.5 Å². The number of amides is 1. The number of hydrogen-bond acceptors (Lipinski definition) is 4. The summed E-state index contributed by atoms with van der Waals surface area (Å²) in [6.45, 7) is 0. The summed E-state index contributed by atoms with van der Waals surface area (Å²) in [5.41, 5.74) is 3.01. The van der Waals surface area contributed by atoms with E-state index < -0.39 is 12.2 Å². The fraction of sp³-hybridized carbons (Fsp3) is 0.409. The minimum Gasteiger partial charge on any atom is -0.497 e. The number of halogens is 1. The maximum atomic E-state index is 12.3. The Kier molecular flexibility index (Phi) is 6.60. The number of aliphatic hydroxyl groups is 1. The summed E-state index contributed by atoms with van der Waals surface area (Å²) in [4.78, 5) is 13.8. The van der Waals surface area contributed by atoms with Crippen LogP contribution in [0.15, 0.2) is 42.5 Å². The first-order valence-corrected chi connectivity index (χ1v) is 9.71. The van der Waals surface area contributed by atoms with Crippen molar-refractivity contribution in [1.82, 2.24) is 4.90 Å². The smallest absolute Gasteiger partial charge is 0.251 e. The van der Waals surface area contributed by atoms with Crippen molar-refractivity contribution >= 4 is 17.5 Å². The van der Waals surface area contributed by atoms with Gasteiger partial charge in [-0.1, -0.05) is 35.9 Å². The fourth-order valence-corrected chi connectivity index (χ4v) is 3.64. The molecule has 3 atom stereocenters. The maximum absolute atomic E-state index is 12.3. The lowest BCUT2D eigenvalue weighted by Crippen LogP contribution is -2.42. The number of aliphatic hydroxyl groups excluding tert-OH is 1. The standard InChI is InChI=1S/C22H26ClNO4/c1-24(2)22(26)21-13-17(25)12-20(28-21)15-6-9-19(23)16(11-15)10-14-4-7-18(27-3)8-5-14/h4-9,11,17,20-21,25H,10,12-13H2,1-3H3. The van der Waals surface area contributed by atoms with Gasteiger partial charge in [-0.3, -0.25) is 4.79 Å². The molecule has 1 amide bonds. The van der Waals surface area contributed by atoms with E-state index in [0.29, 0.717) is 24.3 Å². The monoisotopic (exact) mass is 403 g/mol. The van der Waals surface area contributed by atoms with Crippen molar-refractivity contribution in [3.05, 3.63) is 64.2 Å². The van der Waals surface area contributed by atoms with Crippen molar-refractivity contribution < 1.29 is 19.4 Å². The first-order chi connectivity index (χ1) is 13.4. The quantitative estimate of drug-likeness (QED) is 0.828. The highest BCUT2D eigenvalue weighted by atomic mass is 35.5. The average Bonchev–Trinajstić information content (AvgIpc) is 2.69. The molecule has 150 valence electrons. The highest BCUT2D eigenvalue weighted by Crippen LogP contribution is 2.34. The molecule has 1 aliphatic rings. The lowest BCUT2D eigenvalue weighted by atomic mass is 9.93. The fourth-order valence-electron chi connectivity index (χ4n) is 3.46. The molecule has 0 spiro atoms. The van der Waals surface area contributed by atoms with Crippen molar-refractivity contribution in [3.8, 4) is 5.75 Å². The number of benzene rings is 2. The molecule has 5 nitrogen and oxygen atoms in total. The molecule has 0 radical (unpaired) electrons. The summed E-state index contributed by atoms with van der Waals surface area (Å²) in [6.07, 6.45) is -0.102. The summed E-state index contributed by atoms with van der Waals surface area (Å²) < 4.78 is 11.2. The Morgan fingerprint density at radius 2 is 1.93 bits per heavy atom. The van der Waals surface area contributed by atoms with Crippen LogP contribution >= 0.6 is 11.6 Å². The van der Waals surface area contributed by atoms with Gasteiger partial charge in [0.25, 0.3) is 5.91 Å². The van der Waals surface area contributed by atoms with Crippen molar-refractivity contribution in [3.63, 3.8) is 0 Å². The molecule has 3 rings (SSSR count). The van der Waals surface area contributed by atoms with Crippen LogP contribution in [-0.2, 0) is 16.0 Å². The van der Waals surface area contributed by atoms with E-state index >= 15 is 0 Å². The number of likely N-dealkylation sites (N-methyl/N-ethyl adjacent to an activating group) is 1. The second kappa shape index (κ2) is 8.95. The minimum absolute atomic E-state index is 0.129. The molecule has 0 aliphatic carbocycles. The van der Waals surface area contributed by atoms with Gasteiger partial charge >= 0.3 is 0 Å². The average molecular weight is 404 g/mol. The molecule has 1 aliphatic heterocycles. The van der Waals surface area contributed by atoms with Gasteiger partial charge in [0.05, 0.1) is 19.3 Å². The van der Waals surface area contributed by atoms with E-state index in [-0.39, 0.29) is 12.0 Å². The van der Waals surface area contributed by atoms with Crippen LogP contribution in [0.4, 0.5) is 0 Å². The maximum Gasteiger partial charge on any atom is 0.251 e. The zero-order valence-corrected chi connectivity index (χ0v) is 17.1. The van der Waals surface area contributed by atoms with Crippen LogP contribution in [0.5, 0.6) is 5.75 Å². The third kappa shape index (κ3) is 4.85. The van der Waals surface area contributed by atoms with Gasteiger partial charge in [0.1, 0.15) is 11.9 Å². The molecule has 0 bridgehead atoms. The third-order valence-corrected chi connectivity index (χ3v) is 5.38. The van der Waals surface area contributed by atoms with Crippen LogP contribution in [0.2, 0.25) is 5.02 Å². The molecule has 1 fully saturated rings. The second-order valence-electron chi connectivity index (χ2n) is 7.35. The molecule has 1 saturated heterocycles. The van der Waals surface area contributed by atoms with E-state index in [1.807, 2.05) is 42.5 Å². The molecule has 2 aromatic rings. The van der Waals surface area contributed by atoms with E-state index in [1.165, 1.54) is 4.90 Å². The highest BCUT2D eigenvalue weighted by Gasteiger charge is 2.34. The van der Waals surface area contributed by atoms with Gasteiger partial charge in [-0.25, -0.2) is 0 Å². The lowest BCUT2D eigenvalue weighted by molar-refractivity contribution is -0.158. The van der Waals surface area contributed by atoms with E-state index in [1.54, 1.807) is 21.2 Å². The highest BCUT2D eigenvalue weighted by molar-refractivity contribution is 6.31. The third-order valence-electron chi connectivity index (χ3n) is 5.01. The zero-order valence-electron chi connectivity index (χ0n) is 16.4. The number of hydrogen-bond donors (Lipinski definition) is 1. The minimum atomic E-state index is -0.635. The molecule has 3 unspecified atom stereocenters. The van der Waals surface area contributed by atoms with Crippen molar-refractivity contribution in [2.75, 3.05) is 21.2 Å². The van der Waals surface area contributed by atoms with Gasteiger partial charge in [0, 0.05) is 32.0 Å². The summed E-state index contributed by atoms with van der Waals surface area (Å²) in [6, 6.07) is 13.6. The van der Waals surface area contributed by atoms with E-state index in [2.05, 4.69) is 0 Å². The molecule has 6 heteroatoms. The molecule has 0 saturated carbocycles. The molecule has 2 aromatic carbocycles. The lowest BCUT2D eigenvalue weighted by Gasteiger charge is -2.34. The van der Waals surface area contributed by atoms with E-state index in [4.69, 9.17) is 21.1 Å². The van der Waals surface area contributed by atoms with Gasteiger partial charge in [-0.05, 0) is 41.3 Å². The Hall–Kier alpha value is -2.08. The number of ether oxygens (including phenoxy) is 2. The molecular weight excluding hydrogens is 378 g/mol. The Labute approximate surface area is 170 Å². The van der Waals surface area contributed by atoms with E-state index in [0.717, 1.165) is 22.4 Å². The SMILES string of the molecule is COc1ccc(Cc2cc(C3CC(O)CC(C(=O)N(C)C)O3)ccc2Cl)cc1. The van der Waals surface area contributed by atoms with Gasteiger partial charge in [0.15, 0.2) is 0 Å². The largest absolute Gasteiger partial charge is 0.497 e. The van der Waals surface area contributed by atoms with Crippen molar-refractivity contribution in [2.45, 2.75) is 37.6 Å². The summed E-state index contributed by atoms with van der Waals surface area (Å²) in [5, 5.41) is 10.9. The first-order valence-electron chi connectivity index (χ1n) is 9.33. The van der Waals surface area contributed by atoms with Crippen molar-refractivity contribution in [2.24, 2.45) is 0 Å². The predicted molar refractivity (Wildman–Crippen MR) is 109 cm³/mol. The first kappa shape index (κ1) is 20.6. The van der Waals surface area contributed by atoms with Crippen molar-refractivity contribution in [1.29, 1.82) is 0 Å². The Morgan fingerprint density at radius 1 is 1.21 bits per heavy atom. The van der Waals surface area contributed by atoms with Gasteiger partial charge in [0.2, 0.25) is 0 Å². The van der Waals surface area contributed by atoms with Gasteiger partial charge in [-0.15, -0.1) is 0 Å².